The molecule has 4 atom stereocenters. The maximum Gasteiger partial charge on any atom is 0.315 e. The van der Waals surface area contributed by atoms with Gasteiger partial charge in [-0.3, -0.25) is 0 Å². The number of carbonyl (C=O) groups is 1. The SMILES string of the molecule is O=C(NC1C[C@H]2CCC[C@@H](C1)[NH+]2Cc1cccs1)NC12CC3CC(CC(C3)C1)C2. The minimum absolute atomic E-state index is 0.125. The Morgan fingerprint density at radius 3 is 2.28 bits per heavy atom. The molecule has 0 aromatic carbocycles. The highest BCUT2D eigenvalue weighted by Gasteiger charge is 2.52. The van der Waals surface area contributed by atoms with Gasteiger partial charge in [0.1, 0.15) is 6.54 Å². The fraction of sp³-hybridized carbons (Fsp3) is 0.792. The van der Waals surface area contributed by atoms with Crippen molar-refractivity contribution in [2.45, 2.75) is 101 Å². The van der Waals surface area contributed by atoms with Gasteiger partial charge < -0.3 is 15.5 Å². The summed E-state index contributed by atoms with van der Waals surface area (Å²) in [6.45, 7) is 1.18. The van der Waals surface area contributed by atoms with Gasteiger partial charge >= 0.3 is 6.03 Å². The Morgan fingerprint density at radius 2 is 1.69 bits per heavy atom. The lowest BCUT2D eigenvalue weighted by Gasteiger charge is -2.57. The molecule has 2 unspecified atom stereocenters. The van der Waals surface area contributed by atoms with Crippen molar-refractivity contribution >= 4 is 17.4 Å². The van der Waals surface area contributed by atoms with Crippen molar-refractivity contribution in [1.29, 1.82) is 0 Å². The molecule has 4 aliphatic carbocycles. The molecular formula is C24H36N3OS+. The number of fused-ring (bicyclic) bond motifs is 2. The Hall–Kier alpha value is -1.07. The Labute approximate surface area is 178 Å². The quantitative estimate of drug-likeness (QED) is 0.694. The Bertz CT molecular complexity index is 698. The molecule has 4 nitrogen and oxygen atoms in total. The summed E-state index contributed by atoms with van der Waals surface area (Å²) < 4.78 is 0. The number of hydrogen-bond donors (Lipinski definition) is 3. The van der Waals surface area contributed by atoms with Gasteiger partial charge in [0.2, 0.25) is 0 Å². The van der Waals surface area contributed by atoms with Crippen LogP contribution in [0.5, 0.6) is 0 Å². The van der Waals surface area contributed by atoms with Gasteiger partial charge in [0.05, 0.1) is 17.0 Å². The van der Waals surface area contributed by atoms with Crippen molar-refractivity contribution in [3.8, 4) is 0 Å². The fourth-order valence-electron chi connectivity index (χ4n) is 8.38. The van der Waals surface area contributed by atoms with Gasteiger partial charge in [-0.1, -0.05) is 6.07 Å². The van der Waals surface area contributed by atoms with E-state index in [0.717, 1.165) is 42.7 Å². The number of quaternary nitrogens is 1. The first-order valence-corrected chi connectivity index (χ1v) is 13.0. The van der Waals surface area contributed by atoms with E-state index >= 15 is 0 Å². The maximum absolute atomic E-state index is 13.0. The summed E-state index contributed by atoms with van der Waals surface area (Å²) in [6, 6.07) is 6.40. The second-order valence-electron chi connectivity index (χ2n) is 11.1. The van der Waals surface area contributed by atoms with Crippen molar-refractivity contribution in [1.82, 2.24) is 10.6 Å². The second-order valence-corrected chi connectivity index (χ2v) is 12.2. The molecule has 1 aromatic heterocycles. The van der Waals surface area contributed by atoms with Crippen LogP contribution in [-0.4, -0.2) is 29.7 Å². The predicted octanol–water partition coefficient (Wildman–Crippen LogP) is 3.48. The number of rotatable bonds is 4. The molecule has 5 heteroatoms. The van der Waals surface area contributed by atoms with Gasteiger partial charge in [0.25, 0.3) is 0 Å². The van der Waals surface area contributed by atoms with Crippen LogP contribution < -0.4 is 15.5 Å². The van der Waals surface area contributed by atoms with E-state index in [0.29, 0.717) is 6.04 Å². The molecule has 0 radical (unpaired) electrons. The monoisotopic (exact) mass is 414 g/mol. The maximum atomic E-state index is 13.0. The van der Waals surface area contributed by atoms with Crippen LogP contribution in [0.3, 0.4) is 0 Å². The van der Waals surface area contributed by atoms with Crippen LogP contribution in [0.1, 0.15) is 75.5 Å². The van der Waals surface area contributed by atoms with Crippen molar-refractivity contribution < 1.29 is 9.69 Å². The lowest BCUT2D eigenvalue weighted by atomic mass is 9.53. The number of piperidine rings is 2. The molecular weight excluding hydrogens is 378 g/mol. The van der Waals surface area contributed by atoms with Crippen molar-refractivity contribution in [3.05, 3.63) is 22.4 Å². The molecule has 6 fully saturated rings. The summed E-state index contributed by atoms with van der Waals surface area (Å²) in [5.41, 5.74) is 0.125. The lowest BCUT2D eigenvalue weighted by Crippen LogP contribution is -3.20. The first kappa shape index (κ1) is 18.7. The normalized spacial score (nSPS) is 45.2. The summed E-state index contributed by atoms with van der Waals surface area (Å²) in [6.07, 6.45) is 14.3. The van der Waals surface area contributed by atoms with E-state index in [1.807, 2.05) is 11.3 Å². The first-order valence-electron chi connectivity index (χ1n) is 12.1. The van der Waals surface area contributed by atoms with Crippen LogP contribution in [-0.2, 0) is 6.54 Å². The molecule has 7 rings (SSSR count). The first-order chi connectivity index (χ1) is 14.1. The van der Waals surface area contributed by atoms with E-state index in [4.69, 9.17) is 0 Å². The van der Waals surface area contributed by atoms with Gasteiger partial charge in [-0.15, -0.1) is 11.3 Å². The van der Waals surface area contributed by atoms with Gasteiger partial charge in [0.15, 0.2) is 0 Å². The van der Waals surface area contributed by atoms with Crippen LogP contribution in [0.4, 0.5) is 4.79 Å². The van der Waals surface area contributed by atoms with Crippen LogP contribution in [0.15, 0.2) is 17.5 Å². The summed E-state index contributed by atoms with van der Waals surface area (Å²) >= 11 is 1.90. The Kier molecular flexibility index (Phi) is 4.68. The topological polar surface area (TPSA) is 45.6 Å². The third kappa shape index (κ3) is 3.63. The summed E-state index contributed by atoms with van der Waals surface area (Å²) in [5, 5.41) is 9.17. The Morgan fingerprint density at radius 1 is 1.03 bits per heavy atom. The zero-order chi connectivity index (χ0) is 19.4. The third-order valence-corrected chi connectivity index (χ3v) is 9.88. The number of thiophene rings is 1. The van der Waals surface area contributed by atoms with E-state index in [-0.39, 0.29) is 11.6 Å². The van der Waals surface area contributed by atoms with Gasteiger partial charge in [-0.25, -0.2) is 4.79 Å². The number of amides is 2. The van der Waals surface area contributed by atoms with Crippen molar-refractivity contribution in [3.63, 3.8) is 0 Å². The minimum Gasteiger partial charge on any atom is -0.335 e. The van der Waals surface area contributed by atoms with Crippen molar-refractivity contribution in [2.75, 3.05) is 0 Å². The molecule has 4 saturated carbocycles. The molecule has 2 amide bonds. The average Bonchev–Trinajstić information content (AvgIpc) is 3.13. The molecule has 158 valence electrons. The molecule has 2 aliphatic heterocycles. The van der Waals surface area contributed by atoms with Crippen LogP contribution in [0.25, 0.3) is 0 Å². The van der Waals surface area contributed by atoms with Crippen LogP contribution in [0.2, 0.25) is 0 Å². The number of nitrogens with one attached hydrogen (secondary N) is 3. The smallest absolute Gasteiger partial charge is 0.315 e. The van der Waals surface area contributed by atoms with Gasteiger partial charge in [-0.05, 0) is 87.0 Å². The number of urea groups is 1. The van der Waals surface area contributed by atoms with E-state index in [1.165, 1.54) is 69.2 Å². The van der Waals surface area contributed by atoms with E-state index in [2.05, 4.69) is 28.1 Å². The lowest BCUT2D eigenvalue weighted by molar-refractivity contribution is -0.973. The highest BCUT2D eigenvalue weighted by molar-refractivity contribution is 7.09. The summed E-state index contributed by atoms with van der Waals surface area (Å²) in [7, 11) is 0. The fourth-order valence-corrected chi connectivity index (χ4v) is 9.12. The van der Waals surface area contributed by atoms with E-state index in [1.54, 1.807) is 4.90 Å². The summed E-state index contributed by atoms with van der Waals surface area (Å²) in [4.78, 5) is 16.3. The van der Waals surface area contributed by atoms with Crippen molar-refractivity contribution in [2.24, 2.45) is 17.8 Å². The third-order valence-electron chi connectivity index (χ3n) is 9.00. The van der Waals surface area contributed by atoms with Gasteiger partial charge in [-0.2, -0.15) is 0 Å². The molecule has 29 heavy (non-hydrogen) atoms. The molecule has 0 spiro atoms. The number of carbonyl (C=O) groups excluding carboxylic acids is 1. The van der Waals surface area contributed by atoms with E-state index < -0.39 is 0 Å². The zero-order valence-corrected chi connectivity index (χ0v) is 18.3. The molecule has 1 aromatic rings. The van der Waals surface area contributed by atoms with Crippen LogP contribution >= 0.6 is 11.3 Å². The minimum atomic E-state index is 0.125. The summed E-state index contributed by atoms with van der Waals surface area (Å²) in [5.74, 6) is 2.64. The highest BCUT2D eigenvalue weighted by atomic mass is 32.1. The second kappa shape index (κ2) is 7.26. The van der Waals surface area contributed by atoms with Crippen LogP contribution in [0, 0.1) is 17.8 Å². The standard InChI is InChI=1S/C24H35N3OS/c28-23(26-24-12-16-7-17(13-24)9-18(8-16)14-24)25-19-10-20-3-1-4-21(11-19)27(20)15-22-5-2-6-29-22/h2,5-6,16-21H,1,3-4,7-15H2,(H2,25,26,28)/p+1/t16?,17?,18?,19?,20-,21+,24?. The van der Waals surface area contributed by atoms with E-state index in [9.17, 15) is 4.79 Å². The highest BCUT2D eigenvalue weighted by Crippen LogP contribution is 2.55. The largest absolute Gasteiger partial charge is 0.335 e. The average molecular weight is 415 g/mol. The van der Waals surface area contributed by atoms with Gasteiger partial charge in [0, 0.05) is 24.4 Å². The molecule has 6 aliphatic rings. The molecule has 2 saturated heterocycles. The molecule has 3 heterocycles. The zero-order valence-electron chi connectivity index (χ0n) is 17.5. The Balaban J connectivity index is 1.08. The number of hydrogen-bond acceptors (Lipinski definition) is 2. The molecule has 6 bridgehead atoms. The molecule has 3 N–H and O–H groups in total. The predicted molar refractivity (Wildman–Crippen MR) is 116 cm³/mol.